The molecular formula is C14H18N2O2S. The van der Waals surface area contributed by atoms with Crippen LogP contribution in [0.3, 0.4) is 0 Å². The van der Waals surface area contributed by atoms with Crippen molar-refractivity contribution >= 4 is 23.2 Å². The quantitative estimate of drug-likeness (QED) is 0.912. The van der Waals surface area contributed by atoms with Gasteiger partial charge in [-0.1, -0.05) is 13.0 Å². The lowest BCUT2D eigenvalue weighted by Gasteiger charge is -2.38. The predicted molar refractivity (Wildman–Crippen MR) is 73.6 cm³/mol. The maximum absolute atomic E-state index is 12.5. The third kappa shape index (κ3) is 2.39. The van der Waals surface area contributed by atoms with Gasteiger partial charge in [0.1, 0.15) is 12.1 Å². The highest BCUT2D eigenvalue weighted by Crippen LogP contribution is 2.38. The molecule has 1 saturated heterocycles. The van der Waals surface area contributed by atoms with Crippen molar-refractivity contribution in [1.82, 2.24) is 10.2 Å². The van der Waals surface area contributed by atoms with Gasteiger partial charge in [0.15, 0.2) is 0 Å². The number of rotatable bonds is 4. The van der Waals surface area contributed by atoms with Gasteiger partial charge in [0.25, 0.3) is 0 Å². The van der Waals surface area contributed by atoms with Gasteiger partial charge in [0, 0.05) is 4.88 Å². The van der Waals surface area contributed by atoms with Crippen molar-refractivity contribution in [3.8, 4) is 0 Å². The van der Waals surface area contributed by atoms with E-state index in [0.717, 1.165) is 17.7 Å². The Hall–Kier alpha value is -1.36. The molecule has 1 aromatic heterocycles. The molecule has 5 heteroatoms. The molecule has 1 aromatic rings. The maximum atomic E-state index is 12.5. The molecule has 2 fully saturated rings. The second-order valence-corrected chi connectivity index (χ2v) is 6.33. The molecule has 4 nitrogen and oxygen atoms in total. The lowest BCUT2D eigenvalue weighted by atomic mass is 10.0. The van der Waals surface area contributed by atoms with Crippen LogP contribution < -0.4 is 5.32 Å². The second-order valence-electron chi connectivity index (χ2n) is 5.30. The Morgan fingerprint density at radius 1 is 1.42 bits per heavy atom. The van der Waals surface area contributed by atoms with Gasteiger partial charge in [-0.05, 0) is 36.6 Å². The third-order valence-electron chi connectivity index (χ3n) is 3.89. The normalized spacial score (nSPS) is 27.5. The average molecular weight is 278 g/mol. The summed E-state index contributed by atoms with van der Waals surface area (Å²) in [5.74, 6) is 0.472. The van der Waals surface area contributed by atoms with Crippen molar-refractivity contribution in [1.29, 1.82) is 0 Å². The minimum atomic E-state index is -0.345. The summed E-state index contributed by atoms with van der Waals surface area (Å²) in [6.07, 6.45) is 2.77. The van der Waals surface area contributed by atoms with Crippen LogP contribution in [0, 0.1) is 5.92 Å². The first-order valence-corrected chi connectivity index (χ1v) is 7.72. The topological polar surface area (TPSA) is 49.4 Å². The van der Waals surface area contributed by atoms with E-state index in [9.17, 15) is 9.59 Å². The van der Waals surface area contributed by atoms with Gasteiger partial charge >= 0.3 is 0 Å². The number of nitrogens with zero attached hydrogens (tertiary/aromatic N) is 1. The number of thiophene rings is 1. The Bertz CT molecular complexity index is 482. The molecule has 102 valence electrons. The fourth-order valence-corrected chi connectivity index (χ4v) is 3.40. The van der Waals surface area contributed by atoms with E-state index in [2.05, 4.69) is 5.32 Å². The lowest BCUT2D eigenvalue weighted by molar-refractivity contribution is -0.151. The SMILES string of the molecule is CCC1NC(=O)C(C2CC2)N(Cc2cccs2)C1=O. The largest absolute Gasteiger partial charge is 0.343 e. The zero-order valence-electron chi connectivity index (χ0n) is 11.0. The van der Waals surface area contributed by atoms with E-state index < -0.39 is 0 Å². The summed E-state index contributed by atoms with van der Waals surface area (Å²) in [5, 5.41) is 4.88. The standard InChI is InChI=1S/C14H18N2O2S/c1-2-11-14(18)16(8-10-4-3-7-19-10)12(9-5-6-9)13(17)15-11/h3-4,7,9,11-12H,2,5-6,8H2,1H3,(H,15,17). The molecule has 1 aliphatic carbocycles. The molecule has 1 aliphatic heterocycles. The first kappa shape index (κ1) is 12.7. The van der Waals surface area contributed by atoms with Crippen LogP contribution >= 0.6 is 11.3 Å². The lowest BCUT2D eigenvalue weighted by Crippen LogP contribution is -2.63. The zero-order valence-corrected chi connectivity index (χ0v) is 11.8. The van der Waals surface area contributed by atoms with E-state index in [4.69, 9.17) is 0 Å². The third-order valence-corrected chi connectivity index (χ3v) is 4.75. The smallest absolute Gasteiger partial charge is 0.246 e. The van der Waals surface area contributed by atoms with Crippen molar-refractivity contribution in [3.63, 3.8) is 0 Å². The molecule has 1 N–H and O–H groups in total. The van der Waals surface area contributed by atoms with Crippen LogP contribution in [0.1, 0.15) is 31.1 Å². The number of amides is 2. The Morgan fingerprint density at radius 2 is 2.21 bits per heavy atom. The monoisotopic (exact) mass is 278 g/mol. The van der Waals surface area contributed by atoms with Crippen LogP contribution in [-0.4, -0.2) is 28.8 Å². The summed E-state index contributed by atoms with van der Waals surface area (Å²) >= 11 is 1.64. The number of hydrogen-bond acceptors (Lipinski definition) is 3. The molecule has 0 bridgehead atoms. The molecule has 0 aromatic carbocycles. The van der Waals surface area contributed by atoms with Crippen LogP contribution in [-0.2, 0) is 16.1 Å². The highest BCUT2D eigenvalue weighted by atomic mass is 32.1. The van der Waals surface area contributed by atoms with Gasteiger partial charge in [0.05, 0.1) is 6.54 Å². The zero-order chi connectivity index (χ0) is 13.4. The molecular weight excluding hydrogens is 260 g/mol. The Kier molecular flexibility index (Phi) is 3.31. The minimum Gasteiger partial charge on any atom is -0.343 e. The van der Waals surface area contributed by atoms with Gasteiger partial charge in [-0.25, -0.2) is 0 Å². The van der Waals surface area contributed by atoms with E-state index in [-0.39, 0.29) is 23.9 Å². The van der Waals surface area contributed by atoms with Crippen LogP contribution in [0.4, 0.5) is 0 Å². The number of carbonyl (C=O) groups is 2. The van der Waals surface area contributed by atoms with Crippen LogP contribution in [0.5, 0.6) is 0 Å². The number of carbonyl (C=O) groups excluding carboxylic acids is 2. The number of hydrogen-bond donors (Lipinski definition) is 1. The number of piperazine rings is 1. The van der Waals surface area contributed by atoms with E-state index in [0.29, 0.717) is 18.9 Å². The van der Waals surface area contributed by atoms with Crippen LogP contribution in [0.25, 0.3) is 0 Å². The summed E-state index contributed by atoms with van der Waals surface area (Å²) in [6, 6.07) is 3.41. The maximum Gasteiger partial charge on any atom is 0.246 e. The summed E-state index contributed by atoms with van der Waals surface area (Å²) < 4.78 is 0. The van der Waals surface area contributed by atoms with E-state index in [1.165, 1.54) is 0 Å². The van der Waals surface area contributed by atoms with Gasteiger partial charge in [0.2, 0.25) is 11.8 Å². The Labute approximate surface area is 116 Å². The van der Waals surface area contributed by atoms with Crippen LogP contribution in [0.15, 0.2) is 17.5 Å². The average Bonchev–Trinajstić information content (AvgIpc) is 3.10. The highest BCUT2D eigenvalue weighted by Gasteiger charge is 2.47. The second kappa shape index (κ2) is 4.96. The molecule has 2 aliphatic rings. The minimum absolute atomic E-state index is 0.0329. The van der Waals surface area contributed by atoms with E-state index in [1.807, 2.05) is 24.4 Å². The van der Waals surface area contributed by atoms with Crippen molar-refractivity contribution < 1.29 is 9.59 Å². The number of nitrogens with one attached hydrogen (secondary N) is 1. The molecule has 2 heterocycles. The molecule has 3 rings (SSSR count). The summed E-state index contributed by atoms with van der Waals surface area (Å²) in [7, 11) is 0. The summed E-state index contributed by atoms with van der Waals surface area (Å²) in [4.78, 5) is 27.7. The van der Waals surface area contributed by atoms with Gasteiger partial charge in [-0.15, -0.1) is 11.3 Å². The fraction of sp³-hybridized carbons (Fsp3) is 0.571. The first-order valence-electron chi connectivity index (χ1n) is 6.84. The Balaban J connectivity index is 1.85. The molecule has 0 radical (unpaired) electrons. The van der Waals surface area contributed by atoms with Crippen molar-refractivity contribution in [2.24, 2.45) is 5.92 Å². The Morgan fingerprint density at radius 3 is 2.79 bits per heavy atom. The fourth-order valence-electron chi connectivity index (χ4n) is 2.70. The molecule has 2 atom stereocenters. The van der Waals surface area contributed by atoms with Crippen molar-refractivity contribution in [2.75, 3.05) is 0 Å². The molecule has 2 amide bonds. The molecule has 19 heavy (non-hydrogen) atoms. The van der Waals surface area contributed by atoms with Gasteiger partial charge < -0.3 is 10.2 Å². The van der Waals surface area contributed by atoms with Gasteiger partial charge in [-0.3, -0.25) is 9.59 Å². The predicted octanol–water partition coefficient (Wildman–Crippen LogP) is 1.76. The highest BCUT2D eigenvalue weighted by molar-refractivity contribution is 7.09. The first-order chi connectivity index (χ1) is 9.20. The summed E-state index contributed by atoms with van der Waals surface area (Å²) in [6.45, 7) is 2.51. The van der Waals surface area contributed by atoms with E-state index >= 15 is 0 Å². The van der Waals surface area contributed by atoms with E-state index in [1.54, 1.807) is 16.2 Å². The van der Waals surface area contributed by atoms with Crippen molar-refractivity contribution in [3.05, 3.63) is 22.4 Å². The molecule has 1 saturated carbocycles. The molecule has 2 unspecified atom stereocenters. The molecule has 0 spiro atoms. The van der Waals surface area contributed by atoms with Gasteiger partial charge in [-0.2, -0.15) is 0 Å². The van der Waals surface area contributed by atoms with Crippen molar-refractivity contribution in [2.45, 2.75) is 44.8 Å². The van der Waals surface area contributed by atoms with Crippen LogP contribution in [0.2, 0.25) is 0 Å². The summed E-state index contributed by atoms with van der Waals surface area (Å²) in [5.41, 5.74) is 0.